The summed E-state index contributed by atoms with van der Waals surface area (Å²) in [6, 6.07) is 0. The number of aromatic nitrogens is 3. The van der Waals surface area contributed by atoms with Gasteiger partial charge in [0.05, 0.1) is 0 Å². The molecule has 0 radical (unpaired) electrons. The molecular weight excluding hydrogens is 264 g/mol. The first-order valence-corrected chi connectivity index (χ1v) is 7.69. The van der Waals surface area contributed by atoms with E-state index in [1.807, 2.05) is 11.6 Å². The van der Waals surface area contributed by atoms with Crippen molar-refractivity contribution in [3.8, 4) is 0 Å². The van der Waals surface area contributed by atoms with Crippen LogP contribution in [0.5, 0.6) is 0 Å². The molecule has 0 saturated heterocycles. The summed E-state index contributed by atoms with van der Waals surface area (Å²) in [7, 11) is 0. The zero-order valence-corrected chi connectivity index (χ0v) is 12.1. The van der Waals surface area contributed by atoms with E-state index in [-0.39, 0.29) is 0 Å². The maximum atomic E-state index is 4.37. The molecule has 18 heavy (non-hydrogen) atoms. The van der Waals surface area contributed by atoms with Crippen molar-refractivity contribution in [2.75, 3.05) is 11.9 Å². The second kappa shape index (κ2) is 6.70. The fourth-order valence-electron chi connectivity index (χ4n) is 1.54. The van der Waals surface area contributed by atoms with Crippen molar-refractivity contribution in [3.63, 3.8) is 0 Å². The molecule has 2 rings (SSSR count). The first-order chi connectivity index (χ1) is 8.85. The summed E-state index contributed by atoms with van der Waals surface area (Å²) in [4.78, 5) is 13.0. The second-order valence-electron chi connectivity index (χ2n) is 3.69. The fourth-order valence-corrected chi connectivity index (χ4v) is 3.24. The van der Waals surface area contributed by atoms with Crippen molar-refractivity contribution in [1.29, 1.82) is 0 Å². The van der Waals surface area contributed by atoms with Gasteiger partial charge < -0.3 is 5.32 Å². The Kier molecular flexibility index (Phi) is 4.95. The van der Waals surface area contributed by atoms with Crippen LogP contribution in [0, 0.1) is 0 Å². The smallest absolute Gasteiger partial charge is 0.156 e. The zero-order chi connectivity index (χ0) is 12.8. The van der Waals surface area contributed by atoms with Crippen molar-refractivity contribution < 1.29 is 0 Å². The molecule has 2 aromatic heterocycles. The second-order valence-corrected chi connectivity index (χ2v) is 5.82. The molecule has 0 fully saturated rings. The maximum Gasteiger partial charge on any atom is 0.156 e. The van der Waals surface area contributed by atoms with Gasteiger partial charge >= 0.3 is 0 Å². The van der Waals surface area contributed by atoms with E-state index in [0.717, 1.165) is 34.6 Å². The highest BCUT2D eigenvalue weighted by atomic mass is 32.2. The summed E-state index contributed by atoms with van der Waals surface area (Å²) < 4.78 is 1.02. The van der Waals surface area contributed by atoms with Crippen LogP contribution in [0.15, 0.2) is 27.3 Å². The Hall–Kier alpha value is -1.14. The standard InChI is InChI=1S/C12H16N4S2/c1-3-5-13-10-9(4-2)11(16-8-15-10)18-12-14-6-7-17-12/h6-8H,3-5H2,1-2H3,(H,13,15,16). The van der Waals surface area contributed by atoms with Gasteiger partial charge in [-0.2, -0.15) is 0 Å². The van der Waals surface area contributed by atoms with Crippen LogP contribution in [0.25, 0.3) is 0 Å². The predicted molar refractivity (Wildman–Crippen MR) is 76.4 cm³/mol. The summed E-state index contributed by atoms with van der Waals surface area (Å²) in [5.41, 5.74) is 1.17. The average Bonchev–Trinajstić information content (AvgIpc) is 2.89. The summed E-state index contributed by atoms with van der Waals surface area (Å²) in [6.45, 7) is 5.21. The molecule has 2 heterocycles. The minimum Gasteiger partial charge on any atom is -0.370 e. The Morgan fingerprint density at radius 3 is 2.83 bits per heavy atom. The van der Waals surface area contributed by atoms with Crippen LogP contribution < -0.4 is 5.32 Å². The van der Waals surface area contributed by atoms with Gasteiger partial charge in [0.15, 0.2) is 4.34 Å². The average molecular weight is 280 g/mol. The van der Waals surface area contributed by atoms with E-state index in [4.69, 9.17) is 0 Å². The lowest BCUT2D eigenvalue weighted by Gasteiger charge is -2.11. The molecule has 1 N–H and O–H groups in total. The van der Waals surface area contributed by atoms with Gasteiger partial charge in [0.25, 0.3) is 0 Å². The molecule has 4 nitrogen and oxygen atoms in total. The lowest BCUT2D eigenvalue weighted by atomic mass is 10.2. The lowest BCUT2D eigenvalue weighted by Crippen LogP contribution is -2.06. The summed E-state index contributed by atoms with van der Waals surface area (Å²) in [5.74, 6) is 0.952. The van der Waals surface area contributed by atoms with Gasteiger partial charge in [0.2, 0.25) is 0 Å². The number of anilines is 1. The lowest BCUT2D eigenvalue weighted by molar-refractivity contribution is 0.911. The molecule has 0 aliphatic heterocycles. The Morgan fingerprint density at radius 2 is 2.17 bits per heavy atom. The normalized spacial score (nSPS) is 10.6. The maximum absolute atomic E-state index is 4.37. The fraction of sp³-hybridized carbons (Fsp3) is 0.417. The van der Waals surface area contributed by atoms with Crippen LogP contribution in [0.3, 0.4) is 0 Å². The van der Waals surface area contributed by atoms with E-state index in [1.165, 1.54) is 5.56 Å². The van der Waals surface area contributed by atoms with E-state index in [2.05, 4.69) is 34.1 Å². The Balaban J connectivity index is 2.23. The Labute approximate surface area is 115 Å². The van der Waals surface area contributed by atoms with Crippen LogP contribution >= 0.6 is 23.1 Å². The summed E-state index contributed by atoms with van der Waals surface area (Å²) in [6.07, 6.45) is 5.44. The van der Waals surface area contributed by atoms with Gasteiger partial charge in [-0.15, -0.1) is 11.3 Å². The third-order valence-electron chi connectivity index (χ3n) is 2.40. The molecule has 0 aliphatic rings. The van der Waals surface area contributed by atoms with Crippen LogP contribution in [-0.2, 0) is 6.42 Å². The van der Waals surface area contributed by atoms with E-state index < -0.39 is 0 Å². The third-order valence-corrected chi connectivity index (χ3v) is 4.32. The number of hydrogen-bond acceptors (Lipinski definition) is 6. The van der Waals surface area contributed by atoms with Crippen LogP contribution in [0.1, 0.15) is 25.8 Å². The van der Waals surface area contributed by atoms with Crippen LogP contribution in [-0.4, -0.2) is 21.5 Å². The quantitative estimate of drug-likeness (QED) is 0.821. The van der Waals surface area contributed by atoms with Crippen molar-refractivity contribution in [2.45, 2.75) is 36.1 Å². The van der Waals surface area contributed by atoms with Crippen molar-refractivity contribution in [1.82, 2.24) is 15.0 Å². The van der Waals surface area contributed by atoms with Crippen LogP contribution in [0.4, 0.5) is 5.82 Å². The molecule has 0 saturated carbocycles. The SMILES string of the molecule is CCCNc1ncnc(Sc2nccs2)c1CC. The van der Waals surface area contributed by atoms with E-state index in [0.29, 0.717) is 0 Å². The first-order valence-electron chi connectivity index (χ1n) is 6.00. The molecule has 0 aliphatic carbocycles. The molecule has 2 aromatic rings. The summed E-state index contributed by atoms with van der Waals surface area (Å²) >= 11 is 3.24. The number of nitrogens with one attached hydrogen (secondary N) is 1. The molecule has 6 heteroatoms. The number of hydrogen-bond donors (Lipinski definition) is 1. The van der Waals surface area contributed by atoms with E-state index in [1.54, 1.807) is 29.4 Å². The predicted octanol–water partition coefficient (Wildman–Crippen LogP) is 3.47. The molecule has 0 atom stereocenters. The highest BCUT2D eigenvalue weighted by molar-refractivity contribution is 8.01. The molecule has 0 aromatic carbocycles. The molecule has 96 valence electrons. The highest BCUT2D eigenvalue weighted by Gasteiger charge is 2.11. The van der Waals surface area contributed by atoms with E-state index >= 15 is 0 Å². The minimum atomic E-state index is 0.917. The van der Waals surface area contributed by atoms with Gasteiger partial charge in [0.1, 0.15) is 17.2 Å². The van der Waals surface area contributed by atoms with Crippen molar-refractivity contribution >= 4 is 28.9 Å². The van der Waals surface area contributed by atoms with Gasteiger partial charge in [0, 0.05) is 23.7 Å². The molecular formula is C12H16N4S2. The number of nitrogens with zero attached hydrogens (tertiary/aromatic N) is 3. The minimum absolute atomic E-state index is 0.917. The highest BCUT2D eigenvalue weighted by Crippen LogP contribution is 2.32. The Morgan fingerprint density at radius 1 is 1.28 bits per heavy atom. The topological polar surface area (TPSA) is 50.7 Å². The molecule has 0 unspecified atom stereocenters. The summed E-state index contributed by atoms with van der Waals surface area (Å²) in [5, 5.41) is 6.33. The largest absolute Gasteiger partial charge is 0.370 e. The Bertz CT molecular complexity index is 485. The van der Waals surface area contributed by atoms with Gasteiger partial charge in [-0.25, -0.2) is 15.0 Å². The molecule has 0 bridgehead atoms. The third kappa shape index (κ3) is 3.20. The van der Waals surface area contributed by atoms with E-state index in [9.17, 15) is 0 Å². The van der Waals surface area contributed by atoms with Gasteiger partial charge in [-0.3, -0.25) is 0 Å². The molecule has 0 spiro atoms. The van der Waals surface area contributed by atoms with Crippen LogP contribution in [0.2, 0.25) is 0 Å². The first kappa shape index (κ1) is 13.3. The molecule has 0 amide bonds. The van der Waals surface area contributed by atoms with Gasteiger partial charge in [-0.05, 0) is 24.6 Å². The number of thiazole rings is 1. The monoisotopic (exact) mass is 280 g/mol. The van der Waals surface area contributed by atoms with Gasteiger partial charge in [-0.1, -0.05) is 13.8 Å². The van der Waals surface area contributed by atoms with Crippen molar-refractivity contribution in [2.24, 2.45) is 0 Å². The zero-order valence-electron chi connectivity index (χ0n) is 10.5. The number of rotatable bonds is 6. The van der Waals surface area contributed by atoms with Crippen molar-refractivity contribution in [3.05, 3.63) is 23.5 Å².